The zero-order chi connectivity index (χ0) is 26.6. The van der Waals surface area contributed by atoms with E-state index in [1.54, 1.807) is 4.72 Å². The molecule has 0 fully saturated rings. The fraction of sp³-hybridized carbons (Fsp3) is 0.409. The molecule has 0 aliphatic heterocycles. The number of carbonyl (C=O) groups excluding carboxylic acids is 2. The number of rotatable bonds is 9. The number of amides is 2. The van der Waals surface area contributed by atoms with Crippen molar-refractivity contribution in [2.45, 2.75) is 56.8 Å². The Morgan fingerprint density at radius 1 is 1.03 bits per heavy atom. The van der Waals surface area contributed by atoms with E-state index in [1.165, 1.54) is 18.2 Å². The Kier molecular flexibility index (Phi) is 8.61. The summed E-state index contributed by atoms with van der Waals surface area (Å²) in [5, 5.41) is 5.07. The fourth-order valence-electron chi connectivity index (χ4n) is 2.84. The molecule has 2 aromatic rings. The van der Waals surface area contributed by atoms with Gasteiger partial charge in [0.2, 0.25) is 15.9 Å². The third-order valence-corrected chi connectivity index (χ3v) is 6.49. The van der Waals surface area contributed by atoms with Gasteiger partial charge in [-0.25, -0.2) is 17.8 Å². The lowest BCUT2D eigenvalue weighted by molar-refractivity contribution is -0.180. The smallest absolute Gasteiger partial charge is 0.339 e. The summed E-state index contributed by atoms with van der Waals surface area (Å²) in [4.78, 5) is 28.4. The van der Waals surface area contributed by atoms with E-state index in [-0.39, 0.29) is 23.7 Å². The standard InChI is InChI=1S/C22H26F4N4O4S/c1-13(2)11-18(29-19(31)17-10-5-14(23)12-27-17)20(32)28-15-6-8-16(9-7-15)35(33,34)30-21(3,4)22(24,25)26/h5-10,12-13,18,30H,11H2,1-4H3,(H,28,32)(H,29,31)/t18-/m0/s1. The average molecular weight is 519 g/mol. The Labute approximate surface area is 200 Å². The lowest BCUT2D eigenvalue weighted by atomic mass is 10.0. The van der Waals surface area contributed by atoms with Crippen LogP contribution in [0.2, 0.25) is 0 Å². The molecule has 0 saturated carbocycles. The molecule has 3 N–H and O–H groups in total. The summed E-state index contributed by atoms with van der Waals surface area (Å²) in [6, 6.07) is 5.74. The van der Waals surface area contributed by atoms with Crippen molar-refractivity contribution in [3.05, 3.63) is 54.1 Å². The molecular formula is C22H26F4N4O4S. The highest BCUT2D eigenvalue weighted by molar-refractivity contribution is 7.89. The maximum atomic E-state index is 13.0. The quantitative estimate of drug-likeness (QED) is 0.439. The fourth-order valence-corrected chi connectivity index (χ4v) is 4.24. The largest absolute Gasteiger partial charge is 0.407 e. The van der Waals surface area contributed by atoms with Gasteiger partial charge in [-0.1, -0.05) is 13.8 Å². The van der Waals surface area contributed by atoms with Crippen LogP contribution < -0.4 is 15.4 Å². The van der Waals surface area contributed by atoms with E-state index in [1.807, 2.05) is 13.8 Å². The predicted molar refractivity (Wildman–Crippen MR) is 120 cm³/mol. The number of carbonyl (C=O) groups is 2. The van der Waals surface area contributed by atoms with Crippen molar-refractivity contribution in [1.29, 1.82) is 0 Å². The Balaban J connectivity index is 2.14. The monoisotopic (exact) mass is 518 g/mol. The van der Waals surface area contributed by atoms with Crippen LogP contribution in [0.4, 0.5) is 23.2 Å². The van der Waals surface area contributed by atoms with Crippen LogP contribution >= 0.6 is 0 Å². The summed E-state index contributed by atoms with van der Waals surface area (Å²) in [5.41, 5.74) is -2.62. The van der Waals surface area contributed by atoms with Crippen molar-refractivity contribution in [3.63, 3.8) is 0 Å². The molecule has 192 valence electrons. The topological polar surface area (TPSA) is 117 Å². The second-order valence-corrected chi connectivity index (χ2v) is 10.4. The Morgan fingerprint density at radius 2 is 1.63 bits per heavy atom. The third kappa shape index (κ3) is 7.72. The van der Waals surface area contributed by atoms with Gasteiger partial charge < -0.3 is 10.6 Å². The first-order chi connectivity index (χ1) is 16.0. The number of anilines is 1. The van der Waals surface area contributed by atoms with Crippen LogP contribution in [0.5, 0.6) is 0 Å². The lowest BCUT2D eigenvalue weighted by Gasteiger charge is -2.28. The van der Waals surface area contributed by atoms with E-state index in [9.17, 15) is 35.6 Å². The van der Waals surface area contributed by atoms with Crippen molar-refractivity contribution < 1.29 is 35.6 Å². The number of sulfonamides is 1. The number of benzene rings is 1. The molecule has 1 aromatic heterocycles. The number of alkyl halides is 3. The van der Waals surface area contributed by atoms with Gasteiger partial charge in [-0.15, -0.1) is 0 Å². The van der Waals surface area contributed by atoms with Gasteiger partial charge in [0.15, 0.2) is 0 Å². The van der Waals surface area contributed by atoms with E-state index < -0.39 is 50.3 Å². The molecule has 1 heterocycles. The van der Waals surface area contributed by atoms with E-state index in [2.05, 4.69) is 15.6 Å². The Bertz CT molecular complexity index is 1150. The van der Waals surface area contributed by atoms with Gasteiger partial charge in [0.25, 0.3) is 5.91 Å². The minimum atomic E-state index is -4.81. The number of nitrogens with zero attached hydrogens (tertiary/aromatic N) is 1. The lowest BCUT2D eigenvalue weighted by Crippen LogP contribution is -2.54. The highest BCUT2D eigenvalue weighted by Gasteiger charge is 2.49. The van der Waals surface area contributed by atoms with Gasteiger partial charge in [0.05, 0.1) is 11.1 Å². The van der Waals surface area contributed by atoms with Gasteiger partial charge in [-0.2, -0.15) is 17.9 Å². The first-order valence-electron chi connectivity index (χ1n) is 10.5. The van der Waals surface area contributed by atoms with Gasteiger partial charge in [-0.05, 0) is 62.6 Å². The van der Waals surface area contributed by atoms with Gasteiger partial charge >= 0.3 is 6.18 Å². The molecule has 2 rings (SSSR count). The van der Waals surface area contributed by atoms with Gasteiger partial charge in [-0.3, -0.25) is 9.59 Å². The Morgan fingerprint density at radius 3 is 2.11 bits per heavy atom. The predicted octanol–water partition coefficient (Wildman–Crippen LogP) is 3.62. The van der Waals surface area contributed by atoms with Crippen LogP contribution in [0, 0.1) is 11.7 Å². The van der Waals surface area contributed by atoms with Crippen LogP contribution in [-0.2, 0) is 14.8 Å². The molecule has 13 heteroatoms. The van der Waals surface area contributed by atoms with E-state index in [0.717, 1.165) is 24.4 Å². The minimum absolute atomic E-state index is 0.00260. The Hall–Kier alpha value is -3.06. The maximum absolute atomic E-state index is 13.0. The highest BCUT2D eigenvalue weighted by atomic mass is 32.2. The van der Waals surface area contributed by atoms with Crippen LogP contribution in [0.3, 0.4) is 0 Å². The molecule has 1 atom stereocenters. The normalized spacial score (nSPS) is 13.4. The molecule has 0 aliphatic carbocycles. The third-order valence-electron chi connectivity index (χ3n) is 4.82. The molecular weight excluding hydrogens is 492 g/mol. The molecule has 0 aliphatic rings. The molecule has 35 heavy (non-hydrogen) atoms. The summed E-state index contributed by atoms with van der Waals surface area (Å²) < 4.78 is 78.5. The highest BCUT2D eigenvalue weighted by Crippen LogP contribution is 2.31. The zero-order valence-electron chi connectivity index (χ0n) is 19.4. The van der Waals surface area contributed by atoms with Gasteiger partial charge in [0.1, 0.15) is 23.1 Å². The molecule has 0 spiro atoms. The summed E-state index contributed by atoms with van der Waals surface area (Å²) in [5.74, 6) is -1.92. The average Bonchev–Trinajstić information content (AvgIpc) is 2.72. The second-order valence-electron chi connectivity index (χ2n) is 8.76. The number of pyridine rings is 1. The number of hydrogen-bond acceptors (Lipinski definition) is 5. The molecule has 0 unspecified atom stereocenters. The van der Waals surface area contributed by atoms with Gasteiger partial charge in [0, 0.05) is 5.69 Å². The van der Waals surface area contributed by atoms with Crippen molar-refractivity contribution in [2.24, 2.45) is 5.92 Å². The SMILES string of the molecule is CC(C)C[C@H](NC(=O)c1ccc(F)cn1)C(=O)Nc1ccc(S(=O)(=O)NC(C)(C)C(F)(F)F)cc1. The molecule has 8 nitrogen and oxygen atoms in total. The number of nitrogens with one attached hydrogen (secondary N) is 3. The second kappa shape index (κ2) is 10.7. The first-order valence-corrected chi connectivity index (χ1v) is 11.9. The molecule has 1 aromatic carbocycles. The van der Waals surface area contributed by atoms with Crippen molar-refractivity contribution in [3.8, 4) is 0 Å². The van der Waals surface area contributed by atoms with Crippen molar-refractivity contribution in [2.75, 3.05) is 5.32 Å². The maximum Gasteiger partial charge on any atom is 0.407 e. The van der Waals surface area contributed by atoms with Crippen LogP contribution in [-0.4, -0.2) is 43.0 Å². The van der Waals surface area contributed by atoms with Crippen LogP contribution in [0.15, 0.2) is 47.5 Å². The minimum Gasteiger partial charge on any atom is -0.339 e. The number of aromatic nitrogens is 1. The van der Waals surface area contributed by atoms with Crippen LogP contribution in [0.25, 0.3) is 0 Å². The molecule has 0 radical (unpaired) electrons. The first kappa shape index (κ1) is 28.2. The number of hydrogen-bond donors (Lipinski definition) is 3. The molecule has 0 bridgehead atoms. The van der Waals surface area contributed by atoms with Crippen molar-refractivity contribution in [1.82, 2.24) is 15.0 Å². The van der Waals surface area contributed by atoms with E-state index in [4.69, 9.17) is 0 Å². The summed E-state index contributed by atoms with van der Waals surface area (Å²) in [6.45, 7) is 5.06. The summed E-state index contributed by atoms with van der Waals surface area (Å²) in [7, 11) is -4.50. The zero-order valence-corrected chi connectivity index (χ0v) is 20.2. The van der Waals surface area contributed by atoms with Crippen molar-refractivity contribution >= 4 is 27.5 Å². The summed E-state index contributed by atoms with van der Waals surface area (Å²) in [6.07, 6.45) is -3.69. The van der Waals surface area contributed by atoms with Crippen LogP contribution in [0.1, 0.15) is 44.6 Å². The van der Waals surface area contributed by atoms with E-state index >= 15 is 0 Å². The summed E-state index contributed by atoms with van der Waals surface area (Å²) >= 11 is 0. The molecule has 2 amide bonds. The molecule has 0 saturated heterocycles. The van der Waals surface area contributed by atoms with E-state index in [0.29, 0.717) is 13.8 Å². The number of halogens is 4.